The summed E-state index contributed by atoms with van der Waals surface area (Å²) in [7, 11) is 0. The van der Waals surface area contributed by atoms with Crippen molar-refractivity contribution in [1.82, 2.24) is 9.88 Å². The van der Waals surface area contributed by atoms with Crippen LogP contribution in [0, 0.1) is 5.92 Å². The van der Waals surface area contributed by atoms with Crippen LogP contribution in [0.2, 0.25) is 0 Å². The summed E-state index contributed by atoms with van der Waals surface area (Å²) in [5.41, 5.74) is 9.10. The molecule has 1 aliphatic rings. The average Bonchev–Trinajstić information content (AvgIpc) is 3.32. The number of hydrogen-bond donors (Lipinski definition) is 2. The van der Waals surface area contributed by atoms with Crippen LogP contribution >= 0.6 is 11.3 Å². The molecule has 0 aliphatic carbocycles. The van der Waals surface area contributed by atoms with E-state index in [4.69, 9.17) is 10.5 Å². The molecule has 0 unspecified atom stereocenters. The molecule has 0 bridgehead atoms. The van der Waals surface area contributed by atoms with Crippen molar-refractivity contribution in [2.45, 2.75) is 32.6 Å². The topological polar surface area (TPSA) is 97.6 Å². The van der Waals surface area contributed by atoms with E-state index in [0.29, 0.717) is 6.61 Å². The maximum absolute atomic E-state index is 12.6. The van der Waals surface area contributed by atoms with E-state index in [9.17, 15) is 9.59 Å². The van der Waals surface area contributed by atoms with Crippen molar-refractivity contribution in [3.63, 3.8) is 0 Å². The molecule has 0 radical (unpaired) electrons. The molecule has 7 nitrogen and oxygen atoms in total. The number of para-hydroxylation sites is 1. The number of benzene rings is 2. The lowest BCUT2D eigenvalue weighted by atomic mass is 9.96. The Bertz CT molecular complexity index is 1140. The minimum atomic E-state index is -0.176. The number of ether oxygens (including phenoxy) is 1. The van der Waals surface area contributed by atoms with Gasteiger partial charge in [-0.3, -0.25) is 9.59 Å². The van der Waals surface area contributed by atoms with Crippen LogP contribution in [-0.4, -0.2) is 47.9 Å². The Morgan fingerprint density at radius 3 is 2.60 bits per heavy atom. The van der Waals surface area contributed by atoms with E-state index in [2.05, 4.69) is 27.3 Å². The molecular formula is C27H32N4O3S. The van der Waals surface area contributed by atoms with Crippen LogP contribution in [0.25, 0.3) is 10.6 Å². The summed E-state index contributed by atoms with van der Waals surface area (Å²) >= 11 is 1.51. The highest BCUT2D eigenvalue weighted by Crippen LogP contribution is 2.32. The minimum Gasteiger partial charge on any atom is -0.493 e. The number of hydrogen-bond acceptors (Lipinski definition) is 6. The van der Waals surface area contributed by atoms with Crippen molar-refractivity contribution >= 4 is 28.8 Å². The predicted molar refractivity (Wildman–Crippen MR) is 140 cm³/mol. The highest BCUT2D eigenvalue weighted by atomic mass is 32.1. The van der Waals surface area contributed by atoms with Gasteiger partial charge in [-0.15, -0.1) is 11.3 Å². The minimum absolute atomic E-state index is 0.0240. The van der Waals surface area contributed by atoms with Gasteiger partial charge in [-0.2, -0.15) is 0 Å². The number of thiazole rings is 1. The molecule has 2 amide bonds. The zero-order valence-corrected chi connectivity index (χ0v) is 20.9. The lowest BCUT2D eigenvalue weighted by Gasteiger charge is -2.30. The number of amides is 2. The average molecular weight is 493 g/mol. The Morgan fingerprint density at radius 2 is 1.89 bits per heavy atom. The lowest BCUT2D eigenvalue weighted by molar-refractivity contribution is -0.123. The van der Waals surface area contributed by atoms with Gasteiger partial charge in [0.15, 0.2) is 0 Å². The van der Waals surface area contributed by atoms with Gasteiger partial charge in [0.05, 0.1) is 24.3 Å². The Kier molecular flexibility index (Phi) is 8.50. The van der Waals surface area contributed by atoms with Crippen LogP contribution in [-0.2, 0) is 22.4 Å². The molecule has 1 saturated heterocycles. The van der Waals surface area contributed by atoms with Crippen molar-refractivity contribution < 1.29 is 14.3 Å². The van der Waals surface area contributed by atoms with Gasteiger partial charge < -0.3 is 20.7 Å². The normalized spacial score (nSPS) is 14.5. The summed E-state index contributed by atoms with van der Waals surface area (Å²) in [5.74, 6) is 0.556. The summed E-state index contributed by atoms with van der Waals surface area (Å²) in [5, 5.41) is 5.74. The molecule has 8 heteroatoms. The maximum atomic E-state index is 12.6. The van der Waals surface area contributed by atoms with E-state index < -0.39 is 0 Å². The Balaban J connectivity index is 1.25. The first-order chi connectivity index (χ1) is 17.0. The number of carbonyl (C=O) groups is 2. The molecular weight excluding hydrogens is 460 g/mol. The maximum Gasteiger partial charge on any atom is 0.230 e. The van der Waals surface area contributed by atoms with Crippen LogP contribution < -0.4 is 15.8 Å². The summed E-state index contributed by atoms with van der Waals surface area (Å²) in [4.78, 5) is 30.9. The standard InChI is InChI=1S/C27H32N4O3S/c1-2-34-24-6-4-3-5-23(24)27-30-22(18-35-27)17-25(32)29-21-9-7-19(8-10-21)11-14-31-15-12-20(13-16-31)26(28)33/h3-10,18,20H,2,11-17H2,1H3,(H2,28,33)(H,29,32). The van der Waals surface area contributed by atoms with Crippen molar-refractivity contribution in [1.29, 1.82) is 0 Å². The van der Waals surface area contributed by atoms with Crippen LogP contribution in [0.4, 0.5) is 5.69 Å². The molecule has 184 valence electrons. The third-order valence-corrected chi connectivity index (χ3v) is 7.18. The van der Waals surface area contributed by atoms with E-state index in [0.717, 1.165) is 66.6 Å². The SMILES string of the molecule is CCOc1ccccc1-c1nc(CC(=O)Nc2ccc(CCN3CCC(C(N)=O)CC3)cc2)cs1. The lowest BCUT2D eigenvalue weighted by Crippen LogP contribution is -2.39. The second-order valence-electron chi connectivity index (χ2n) is 8.76. The van der Waals surface area contributed by atoms with E-state index in [1.165, 1.54) is 16.9 Å². The number of piperidine rings is 1. The number of nitrogens with zero attached hydrogens (tertiary/aromatic N) is 2. The van der Waals surface area contributed by atoms with Crippen molar-refractivity contribution in [3.8, 4) is 16.3 Å². The number of anilines is 1. The van der Waals surface area contributed by atoms with Crippen molar-refractivity contribution in [2.75, 3.05) is 31.6 Å². The van der Waals surface area contributed by atoms with E-state index in [1.807, 2.05) is 48.7 Å². The van der Waals surface area contributed by atoms with E-state index >= 15 is 0 Å². The molecule has 4 rings (SSSR count). The van der Waals surface area contributed by atoms with Gasteiger partial charge in [-0.1, -0.05) is 24.3 Å². The number of likely N-dealkylation sites (tertiary alicyclic amines) is 1. The molecule has 0 spiro atoms. The molecule has 3 N–H and O–H groups in total. The summed E-state index contributed by atoms with van der Waals surface area (Å²) < 4.78 is 5.70. The van der Waals surface area contributed by atoms with Gasteiger partial charge >= 0.3 is 0 Å². The molecule has 1 aliphatic heterocycles. The zero-order chi connectivity index (χ0) is 24.6. The third kappa shape index (κ3) is 6.90. The summed E-state index contributed by atoms with van der Waals surface area (Å²) in [6.07, 6.45) is 2.84. The van der Waals surface area contributed by atoms with Crippen molar-refractivity contribution in [2.24, 2.45) is 11.7 Å². The van der Waals surface area contributed by atoms with Crippen LogP contribution in [0.1, 0.15) is 31.0 Å². The number of aromatic nitrogens is 1. The van der Waals surface area contributed by atoms with Crippen LogP contribution in [0.5, 0.6) is 5.75 Å². The first-order valence-electron chi connectivity index (χ1n) is 12.1. The molecule has 0 saturated carbocycles. The smallest absolute Gasteiger partial charge is 0.230 e. The number of rotatable bonds is 10. The van der Waals surface area contributed by atoms with Gasteiger partial charge in [-0.05, 0) is 69.1 Å². The largest absolute Gasteiger partial charge is 0.493 e. The Morgan fingerprint density at radius 1 is 1.14 bits per heavy atom. The van der Waals surface area contributed by atoms with Gasteiger partial charge in [0.1, 0.15) is 10.8 Å². The fourth-order valence-electron chi connectivity index (χ4n) is 4.29. The first kappa shape index (κ1) is 24.9. The second kappa shape index (κ2) is 12.0. The molecule has 3 aromatic rings. The predicted octanol–water partition coefficient (Wildman–Crippen LogP) is 4.13. The third-order valence-electron chi connectivity index (χ3n) is 6.26. The molecule has 1 aromatic heterocycles. The fraction of sp³-hybridized carbons (Fsp3) is 0.370. The monoisotopic (exact) mass is 492 g/mol. The molecule has 0 atom stereocenters. The summed E-state index contributed by atoms with van der Waals surface area (Å²) in [6, 6.07) is 15.8. The number of primary amides is 1. The molecule has 1 fully saturated rings. The quantitative estimate of drug-likeness (QED) is 0.444. The van der Waals surface area contributed by atoms with E-state index in [-0.39, 0.29) is 24.2 Å². The Hall–Kier alpha value is -3.23. The van der Waals surface area contributed by atoms with Gasteiger partial charge in [0.25, 0.3) is 0 Å². The van der Waals surface area contributed by atoms with Crippen LogP contribution in [0.15, 0.2) is 53.9 Å². The zero-order valence-electron chi connectivity index (χ0n) is 20.0. The van der Waals surface area contributed by atoms with E-state index in [1.54, 1.807) is 0 Å². The molecule has 2 heterocycles. The molecule has 2 aromatic carbocycles. The molecule has 35 heavy (non-hydrogen) atoms. The second-order valence-corrected chi connectivity index (χ2v) is 9.62. The number of carbonyl (C=O) groups excluding carboxylic acids is 2. The van der Waals surface area contributed by atoms with Crippen molar-refractivity contribution in [3.05, 3.63) is 65.2 Å². The van der Waals surface area contributed by atoms with Gasteiger partial charge in [0, 0.05) is 23.5 Å². The first-order valence-corrected chi connectivity index (χ1v) is 13.0. The van der Waals surface area contributed by atoms with Gasteiger partial charge in [0.2, 0.25) is 11.8 Å². The Labute approximate surface area is 210 Å². The fourth-order valence-corrected chi connectivity index (χ4v) is 5.14. The van der Waals surface area contributed by atoms with Crippen LogP contribution in [0.3, 0.4) is 0 Å². The van der Waals surface area contributed by atoms with Gasteiger partial charge in [-0.25, -0.2) is 4.98 Å². The number of nitrogens with one attached hydrogen (secondary N) is 1. The highest BCUT2D eigenvalue weighted by molar-refractivity contribution is 7.13. The number of nitrogens with two attached hydrogens (primary N) is 1. The highest BCUT2D eigenvalue weighted by Gasteiger charge is 2.22. The summed E-state index contributed by atoms with van der Waals surface area (Å²) in [6.45, 7) is 5.33.